The summed E-state index contributed by atoms with van der Waals surface area (Å²) >= 11 is 0. The van der Waals surface area contributed by atoms with Gasteiger partial charge in [-0.25, -0.2) is 8.36 Å². The van der Waals surface area contributed by atoms with Crippen LogP contribution in [0.15, 0.2) is 53.6 Å². The smallest absolute Gasteiger partial charge is 0.305 e. The van der Waals surface area contributed by atoms with Gasteiger partial charge < -0.3 is 9.47 Å². The largest absolute Gasteiger partial charge is 0.497 e. The SMILES string of the molecule is COC(=O)CCc1cn(S(O)(O)c2cccc(F)c2)c2ccc(OC)cc12. The summed E-state index contributed by atoms with van der Waals surface area (Å²) in [5.41, 5.74) is 1.27. The number of carbonyl (C=O) groups is 1. The van der Waals surface area contributed by atoms with Crippen LogP contribution in [0.5, 0.6) is 5.75 Å². The van der Waals surface area contributed by atoms with E-state index in [1.807, 2.05) is 0 Å². The van der Waals surface area contributed by atoms with Crippen LogP contribution in [0.4, 0.5) is 4.39 Å². The zero-order valence-corrected chi connectivity index (χ0v) is 15.7. The van der Waals surface area contributed by atoms with Gasteiger partial charge in [0, 0.05) is 18.0 Å². The summed E-state index contributed by atoms with van der Waals surface area (Å²) in [5.74, 6) is -0.325. The number of carbonyl (C=O) groups excluding carboxylic acids is 1. The molecule has 1 heterocycles. The molecule has 0 atom stereocenters. The van der Waals surface area contributed by atoms with Crippen molar-refractivity contribution in [1.82, 2.24) is 3.97 Å². The molecule has 3 rings (SSSR count). The van der Waals surface area contributed by atoms with Crippen LogP contribution in [-0.2, 0) is 16.0 Å². The first-order valence-electron chi connectivity index (χ1n) is 8.16. The predicted molar refractivity (Wildman–Crippen MR) is 102 cm³/mol. The number of fused-ring (bicyclic) bond motifs is 1. The van der Waals surface area contributed by atoms with Crippen molar-refractivity contribution in [2.45, 2.75) is 17.7 Å². The third-order valence-electron chi connectivity index (χ3n) is 4.27. The quantitative estimate of drug-likeness (QED) is 0.604. The van der Waals surface area contributed by atoms with E-state index in [9.17, 15) is 18.3 Å². The maximum absolute atomic E-state index is 13.6. The van der Waals surface area contributed by atoms with E-state index in [2.05, 4.69) is 4.74 Å². The molecule has 0 unspecified atom stereocenters. The average molecular weight is 393 g/mol. The van der Waals surface area contributed by atoms with Crippen LogP contribution < -0.4 is 4.74 Å². The molecule has 0 amide bonds. The van der Waals surface area contributed by atoms with Crippen molar-refractivity contribution >= 4 is 27.6 Å². The van der Waals surface area contributed by atoms with Crippen LogP contribution in [-0.4, -0.2) is 33.3 Å². The second kappa shape index (κ2) is 7.59. The van der Waals surface area contributed by atoms with Gasteiger partial charge in [-0.05, 0) is 48.4 Å². The van der Waals surface area contributed by atoms with Crippen molar-refractivity contribution < 1.29 is 27.8 Å². The van der Waals surface area contributed by atoms with Crippen LogP contribution >= 0.6 is 10.8 Å². The molecule has 0 fully saturated rings. The van der Waals surface area contributed by atoms with Gasteiger partial charge >= 0.3 is 5.97 Å². The molecule has 0 saturated carbocycles. The molecule has 0 spiro atoms. The van der Waals surface area contributed by atoms with E-state index in [0.717, 1.165) is 17.0 Å². The highest BCUT2D eigenvalue weighted by Crippen LogP contribution is 2.52. The number of hydrogen-bond donors (Lipinski definition) is 2. The van der Waals surface area contributed by atoms with Gasteiger partial charge in [-0.2, -0.15) is 0 Å². The zero-order valence-electron chi connectivity index (χ0n) is 14.9. The third kappa shape index (κ3) is 3.78. The lowest BCUT2D eigenvalue weighted by molar-refractivity contribution is -0.140. The molecule has 1 aromatic heterocycles. The molecule has 6 nitrogen and oxygen atoms in total. The van der Waals surface area contributed by atoms with E-state index in [4.69, 9.17) is 4.74 Å². The Kier molecular flexibility index (Phi) is 5.41. The highest BCUT2D eigenvalue weighted by molar-refractivity contribution is 8.23. The zero-order chi connectivity index (χ0) is 19.6. The minimum atomic E-state index is -3.51. The van der Waals surface area contributed by atoms with Crippen molar-refractivity contribution in [3.63, 3.8) is 0 Å². The van der Waals surface area contributed by atoms with Crippen molar-refractivity contribution in [3.8, 4) is 5.75 Å². The van der Waals surface area contributed by atoms with Gasteiger partial charge in [0.1, 0.15) is 11.6 Å². The number of nitrogens with zero attached hydrogens (tertiary/aromatic N) is 1. The van der Waals surface area contributed by atoms with E-state index in [1.54, 1.807) is 24.4 Å². The first-order chi connectivity index (χ1) is 12.9. The van der Waals surface area contributed by atoms with Gasteiger partial charge in [0.25, 0.3) is 0 Å². The van der Waals surface area contributed by atoms with Crippen LogP contribution in [0.3, 0.4) is 0 Å². The molecule has 0 saturated heterocycles. The van der Waals surface area contributed by atoms with Crippen molar-refractivity contribution in [3.05, 3.63) is 60.0 Å². The Hall–Kier alpha value is -2.55. The van der Waals surface area contributed by atoms with Crippen LogP contribution in [0.1, 0.15) is 12.0 Å². The van der Waals surface area contributed by atoms with E-state index in [-0.39, 0.29) is 17.3 Å². The summed E-state index contributed by atoms with van der Waals surface area (Å²) in [7, 11) is -0.662. The van der Waals surface area contributed by atoms with E-state index in [0.29, 0.717) is 17.7 Å². The maximum atomic E-state index is 13.6. The van der Waals surface area contributed by atoms with Crippen molar-refractivity contribution in [1.29, 1.82) is 0 Å². The van der Waals surface area contributed by atoms with Gasteiger partial charge in [0.2, 0.25) is 0 Å². The number of aromatic nitrogens is 1. The number of ether oxygens (including phenoxy) is 2. The Bertz CT molecular complexity index is 985. The van der Waals surface area contributed by atoms with Crippen molar-refractivity contribution in [2.24, 2.45) is 0 Å². The van der Waals surface area contributed by atoms with E-state index < -0.39 is 16.6 Å². The molecule has 0 aliphatic carbocycles. The average Bonchev–Trinajstić information content (AvgIpc) is 3.04. The standard InChI is InChI=1S/C19H20FNO5S/c1-25-15-7-8-18-17(11-15)13(6-9-19(22)26-2)12-21(18)27(23,24)16-5-3-4-14(20)10-16/h3-5,7-8,10-12,23-24H,6,9H2,1-2H3. The molecule has 8 heteroatoms. The number of aryl methyl sites for hydroxylation is 1. The fraction of sp³-hybridized carbons (Fsp3) is 0.211. The lowest BCUT2D eigenvalue weighted by Crippen LogP contribution is -2.09. The summed E-state index contributed by atoms with van der Waals surface area (Å²) in [6.07, 6.45) is 2.07. The van der Waals surface area contributed by atoms with E-state index in [1.165, 1.54) is 36.4 Å². The highest BCUT2D eigenvalue weighted by Gasteiger charge is 2.23. The molecular formula is C19H20FNO5S. The minimum Gasteiger partial charge on any atom is -0.497 e. The number of methoxy groups -OCH3 is 2. The summed E-state index contributed by atoms with van der Waals surface area (Å²) in [4.78, 5) is 11.6. The van der Waals surface area contributed by atoms with Crippen molar-refractivity contribution in [2.75, 3.05) is 14.2 Å². The van der Waals surface area contributed by atoms with Gasteiger partial charge in [-0.3, -0.25) is 13.9 Å². The fourth-order valence-corrected chi connectivity index (χ4v) is 4.34. The lowest BCUT2D eigenvalue weighted by Gasteiger charge is -2.34. The number of esters is 1. The predicted octanol–water partition coefficient (Wildman–Crippen LogP) is 4.47. The molecule has 0 aliphatic heterocycles. The first-order valence-corrected chi connectivity index (χ1v) is 9.66. The van der Waals surface area contributed by atoms with Crippen LogP contribution in [0.2, 0.25) is 0 Å². The Morgan fingerprint density at radius 1 is 1.19 bits per heavy atom. The molecule has 0 aliphatic rings. The Morgan fingerprint density at radius 3 is 2.63 bits per heavy atom. The Labute approximate surface area is 157 Å². The van der Waals surface area contributed by atoms with Gasteiger partial charge in [0.05, 0.1) is 24.6 Å². The monoisotopic (exact) mass is 393 g/mol. The number of benzene rings is 2. The van der Waals surface area contributed by atoms with Gasteiger partial charge in [-0.1, -0.05) is 16.8 Å². The molecule has 2 aromatic carbocycles. The summed E-state index contributed by atoms with van der Waals surface area (Å²) < 4.78 is 46.6. The lowest BCUT2D eigenvalue weighted by atomic mass is 10.1. The maximum Gasteiger partial charge on any atom is 0.305 e. The highest BCUT2D eigenvalue weighted by atomic mass is 32.3. The molecule has 27 heavy (non-hydrogen) atoms. The number of halogens is 1. The summed E-state index contributed by atoms with van der Waals surface area (Å²) in [5, 5.41) is 0.717. The van der Waals surface area contributed by atoms with Crippen LogP contribution in [0, 0.1) is 5.82 Å². The first kappa shape index (κ1) is 19.2. The molecule has 0 radical (unpaired) electrons. The Morgan fingerprint density at radius 2 is 1.96 bits per heavy atom. The van der Waals surface area contributed by atoms with Gasteiger partial charge in [-0.15, -0.1) is 0 Å². The second-order valence-electron chi connectivity index (χ2n) is 5.92. The molecule has 2 N–H and O–H groups in total. The summed E-state index contributed by atoms with van der Waals surface area (Å²) in [6, 6.07) is 10.4. The fourth-order valence-electron chi connectivity index (χ4n) is 2.87. The normalized spacial score (nSPS) is 12.2. The number of rotatable bonds is 6. The van der Waals surface area contributed by atoms with E-state index >= 15 is 0 Å². The molecule has 0 bridgehead atoms. The summed E-state index contributed by atoms with van der Waals surface area (Å²) in [6.45, 7) is 0. The third-order valence-corrected chi connectivity index (χ3v) is 6.01. The molecular weight excluding hydrogens is 373 g/mol. The van der Waals surface area contributed by atoms with Gasteiger partial charge in [0.15, 0.2) is 0 Å². The second-order valence-corrected chi connectivity index (χ2v) is 7.82. The number of hydrogen-bond acceptors (Lipinski definition) is 5. The topological polar surface area (TPSA) is 80.9 Å². The van der Waals surface area contributed by atoms with Crippen LogP contribution in [0.25, 0.3) is 10.9 Å². The molecule has 144 valence electrons. The molecule has 3 aromatic rings. The Balaban J connectivity index is 2.13. The minimum absolute atomic E-state index is 0.0646.